The fourth-order valence-electron chi connectivity index (χ4n) is 1.33. The first-order valence-electron chi connectivity index (χ1n) is 4.33. The number of anilines is 1. The van der Waals surface area contributed by atoms with E-state index in [1.807, 2.05) is 13.8 Å². The quantitative estimate of drug-likeness (QED) is 0.673. The van der Waals surface area contributed by atoms with E-state index in [9.17, 15) is 4.79 Å². The molecule has 0 atom stereocenters. The second-order valence-electron chi connectivity index (χ2n) is 3.42. The third-order valence-electron chi connectivity index (χ3n) is 2.05. The molecule has 0 saturated carbocycles. The van der Waals surface area contributed by atoms with Gasteiger partial charge in [-0.15, -0.1) is 0 Å². The summed E-state index contributed by atoms with van der Waals surface area (Å²) in [5, 5.41) is 3.94. The maximum Gasteiger partial charge on any atom is 0.350 e. The van der Waals surface area contributed by atoms with Gasteiger partial charge in [0.2, 0.25) is 5.95 Å². The molecule has 0 aliphatic heterocycles. The van der Waals surface area contributed by atoms with Gasteiger partial charge >= 0.3 is 5.69 Å². The number of rotatable bonds is 1. The summed E-state index contributed by atoms with van der Waals surface area (Å²) < 4.78 is 1.21. The van der Waals surface area contributed by atoms with Crippen LogP contribution in [0.1, 0.15) is 25.3 Å². The number of nitrogens with one attached hydrogen (secondary N) is 1. The van der Waals surface area contributed by atoms with Crippen molar-refractivity contribution in [2.75, 3.05) is 5.73 Å². The highest BCUT2D eigenvalue weighted by Crippen LogP contribution is 2.17. The fraction of sp³-hybridized carbons (Fsp3) is 0.375. The number of aromatic nitrogens is 4. The minimum absolute atomic E-state index is 0.116. The topological polar surface area (TPSA) is 89.1 Å². The van der Waals surface area contributed by atoms with Gasteiger partial charge in [0.1, 0.15) is 0 Å². The van der Waals surface area contributed by atoms with Crippen LogP contribution in [0.2, 0.25) is 0 Å². The van der Waals surface area contributed by atoms with Gasteiger partial charge in [-0.2, -0.15) is 14.6 Å². The first kappa shape index (κ1) is 8.74. The predicted molar refractivity (Wildman–Crippen MR) is 52.1 cm³/mol. The molecule has 6 nitrogen and oxygen atoms in total. The molecule has 0 aliphatic rings. The van der Waals surface area contributed by atoms with Crippen molar-refractivity contribution in [2.24, 2.45) is 0 Å². The monoisotopic (exact) mass is 193 g/mol. The number of hydrogen-bond donors (Lipinski definition) is 2. The Bertz CT molecular complexity index is 524. The standard InChI is InChI=1S/C8H11N5O/c1-4(2)5-3-10-13-6(5)11-7(9)12-8(13)14/h3-4H,1-2H3,(H3,9,11,12,14). The van der Waals surface area contributed by atoms with Crippen molar-refractivity contribution >= 4 is 11.6 Å². The molecule has 14 heavy (non-hydrogen) atoms. The highest BCUT2D eigenvalue weighted by atomic mass is 16.1. The third-order valence-corrected chi connectivity index (χ3v) is 2.05. The summed E-state index contributed by atoms with van der Waals surface area (Å²) in [6.45, 7) is 4.02. The van der Waals surface area contributed by atoms with Gasteiger partial charge in [0.25, 0.3) is 0 Å². The predicted octanol–water partition coefficient (Wildman–Crippen LogP) is 0.123. The maximum atomic E-state index is 11.4. The molecular formula is C8H11N5O. The Morgan fingerprint density at radius 1 is 1.57 bits per heavy atom. The minimum Gasteiger partial charge on any atom is -0.369 e. The summed E-state index contributed by atoms with van der Waals surface area (Å²) in [6.07, 6.45) is 1.64. The van der Waals surface area contributed by atoms with Gasteiger partial charge in [0, 0.05) is 5.56 Å². The summed E-state index contributed by atoms with van der Waals surface area (Å²) in [5.74, 6) is 0.381. The Hall–Kier alpha value is -1.85. The van der Waals surface area contributed by atoms with Crippen molar-refractivity contribution in [1.29, 1.82) is 0 Å². The van der Waals surface area contributed by atoms with Crippen LogP contribution in [0.25, 0.3) is 5.65 Å². The van der Waals surface area contributed by atoms with E-state index >= 15 is 0 Å². The van der Waals surface area contributed by atoms with Crippen LogP contribution >= 0.6 is 0 Å². The Morgan fingerprint density at radius 2 is 2.29 bits per heavy atom. The number of aromatic amines is 1. The summed E-state index contributed by atoms with van der Waals surface area (Å²) in [5.41, 5.74) is 6.53. The molecule has 0 aromatic carbocycles. The average molecular weight is 193 g/mol. The van der Waals surface area contributed by atoms with Crippen molar-refractivity contribution in [3.05, 3.63) is 22.2 Å². The largest absolute Gasteiger partial charge is 0.369 e. The fourth-order valence-corrected chi connectivity index (χ4v) is 1.33. The zero-order chi connectivity index (χ0) is 10.3. The molecule has 0 fully saturated rings. The van der Waals surface area contributed by atoms with Crippen LogP contribution in [-0.4, -0.2) is 19.6 Å². The summed E-state index contributed by atoms with van der Waals surface area (Å²) in [6, 6.07) is 0. The van der Waals surface area contributed by atoms with E-state index in [4.69, 9.17) is 5.73 Å². The normalized spacial score (nSPS) is 11.4. The Kier molecular flexibility index (Phi) is 1.77. The van der Waals surface area contributed by atoms with E-state index in [1.165, 1.54) is 4.52 Å². The second kappa shape index (κ2) is 2.83. The highest BCUT2D eigenvalue weighted by Gasteiger charge is 2.11. The first-order valence-corrected chi connectivity index (χ1v) is 4.33. The van der Waals surface area contributed by atoms with Crippen molar-refractivity contribution < 1.29 is 0 Å². The van der Waals surface area contributed by atoms with Crippen molar-refractivity contribution in [3.63, 3.8) is 0 Å². The van der Waals surface area contributed by atoms with Crippen LogP contribution in [0.4, 0.5) is 5.95 Å². The molecular weight excluding hydrogens is 182 g/mol. The summed E-state index contributed by atoms with van der Waals surface area (Å²) in [4.78, 5) is 17.8. The zero-order valence-electron chi connectivity index (χ0n) is 7.98. The van der Waals surface area contributed by atoms with Crippen LogP contribution < -0.4 is 11.4 Å². The molecule has 0 unspecified atom stereocenters. The zero-order valence-corrected chi connectivity index (χ0v) is 7.98. The van der Waals surface area contributed by atoms with Gasteiger partial charge in [-0.1, -0.05) is 13.8 Å². The van der Waals surface area contributed by atoms with Gasteiger partial charge in [0.15, 0.2) is 5.65 Å². The molecule has 0 saturated heterocycles. The van der Waals surface area contributed by atoms with Gasteiger partial charge in [-0.25, -0.2) is 4.79 Å². The second-order valence-corrected chi connectivity index (χ2v) is 3.42. The summed E-state index contributed by atoms with van der Waals surface area (Å²) >= 11 is 0. The van der Waals surface area contributed by atoms with Crippen LogP contribution in [0.15, 0.2) is 11.0 Å². The third kappa shape index (κ3) is 1.15. The number of fused-ring (bicyclic) bond motifs is 1. The van der Waals surface area contributed by atoms with Crippen molar-refractivity contribution in [3.8, 4) is 0 Å². The van der Waals surface area contributed by atoms with Crippen LogP contribution in [0, 0.1) is 0 Å². The molecule has 2 aromatic rings. The molecule has 0 aliphatic carbocycles. The number of nitrogen functional groups attached to an aromatic ring is 1. The first-order chi connectivity index (χ1) is 6.59. The Morgan fingerprint density at radius 3 is 2.93 bits per heavy atom. The number of H-pyrrole nitrogens is 1. The molecule has 2 rings (SSSR count). The van der Waals surface area contributed by atoms with Crippen LogP contribution in [0.5, 0.6) is 0 Å². The van der Waals surface area contributed by atoms with Gasteiger partial charge < -0.3 is 5.73 Å². The number of hydrogen-bond acceptors (Lipinski definition) is 4. The smallest absolute Gasteiger partial charge is 0.350 e. The van der Waals surface area contributed by atoms with E-state index in [2.05, 4.69) is 15.1 Å². The Balaban J connectivity index is 2.85. The lowest BCUT2D eigenvalue weighted by Gasteiger charge is -2.00. The Labute approximate surface area is 79.8 Å². The highest BCUT2D eigenvalue weighted by molar-refractivity contribution is 5.49. The summed E-state index contributed by atoms with van der Waals surface area (Å²) in [7, 11) is 0. The molecule has 2 heterocycles. The van der Waals surface area contributed by atoms with Gasteiger partial charge in [-0.3, -0.25) is 4.98 Å². The van der Waals surface area contributed by atoms with Crippen molar-refractivity contribution in [2.45, 2.75) is 19.8 Å². The van der Waals surface area contributed by atoms with E-state index in [0.29, 0.717) is 5.65 Å². The maximum absolute atomic E-state index is 11.4. The van der Waals surface area contributed by atoms with Crippen molar-refractivity contribution in [1.82, 2.24) is 19.6 Å². The SMILES string of the molecule is CC(C)c1cnn2c(=O)[nH]c(N)nc12. The lowest BCUT2D eigenvalue weighted by molar-refractivity contribution is 0.842. The van der Waals surface area contributed by atoms with Gasteiger partial charge in [-0.05, 0) is 5.92 Å². The van der Waals surface area contributed by atoms with E-state index in [1.54, 1.807) is 6.20 Å². The lowest BCUT2D eigenvalue weighted by Crippen LogP contribution is -2.20. The lowest BCUT2D eigenvalue weighted by atomic mass is 10.1. The van der Waals surface area contributed by atoms with Crippen LogP contribution in [-0.2, 0) is 0 Å². The molecule has 3 N–H and O–H groups in total. The molecule has 6 heteroatoms. The van der Waals surface area contributed by atoms with E-state index in [0.717, 1.165) is 5.56 Å². The van der Waals surface area contributed by atoms with E-state index < -0.39 is 0 Å². The molecule has 0 radical (unpaired) electrons. The number of nitrogens with zero attached hydrogens (tertiary/aromatic N) is 3. The average Bonchev–Trinajstić information content (AvgIpc) is 2.47. The minimum atomic E-state index is -0.362. The molecule has 0 bridgehead atoms. The van der Waals surface area contributed by atoms with Crippen LogP contribution in [0.3, 0.4) is 0 Å². The number of nitrogens with two attached hydrogens (primary N) is 1. The van der Waals surface area contributed by atoms with Gasteiger partial charge in [0.05, 0.1) is 6.20 Å². The molecule has 0 spiro atoms. The molecule has 2 aromatic heterocycles. The molecule has 74 valence electrons. The van der Waals surface area contributed by atoms with E-state index in [-0.39, 0.29) is 17.6 Å². The molecule has 0 amide bonds.